The molecule has 5 N–H and O–H groups in total. The van der Waals surface area contributed by atoms with Crippen molar-refractivity contribution in [2.24, 2.45) is 11.7 Å². The third kappa shape index (κ3) is 4.36. The van der Waals surface area contributed by atoms with Crippen LogP contribution in [0.4, 0.5) is 0 Å². The van der Waals surface area contributed by atoms with Crippen LogP contribution in [0.1, 0.15) is 26.0 Å². The van der Waals surface area contributed by atoms with Crippen molar-refractivity contribution < 1.29 is 14.7 Å². The number of rotatable bonds is 7. The first-order valence-electron chi connectivity index (χ1n) is 6.22. The van der Waals surface area contributed by atoms with Crippen LogP contribution in [0.5, 0.6) is 0 Å². The first-order valence-corrected chi connectivity index (χ1v) is 6.22. The number of nitrogens with two attached hydrogens (primary N) is 1. The van der Waals surface area contributed by atoms with Gasteiger partial charge in [-0.3, -0.25) is 4.79 Å². The maximum absolute atomic E-state index is 11.9. The zero-order valence-corrected chi connectivity index (χ0v) is 11.1. The van der Waals surface area contributed by atoms with Gasteiger partial charge < -0.3 is 21.1 Å². The van der Waals surface area contributed by atoms with Gasteiger partial charge in [-0.25, -0.2) is 9.78 Å². The molecule has 3 atom stereocenters. The predicted octanol–water partition coefficient (Wildman–Crippen LogP) is -0.105. The molecule has 1 heterocycles. The second-order valence-electron chi connectivity index (χ2n) is 4.58. The largest absolute Gasteiger partial charge is 0.480 e. The van der Waals surface area contributed by atoms with Crippen molar-refractivity contribution in [2.75, 3.05) is 0 Å². The molecule has 7 nitrogen and oxygen atoms in total. The van der Waals surface area contributed by atoms with Crippen LogP contribution >= 0.6 is 0 Å². The van der Waals surface area contributed by atoms with Gasteiger partial charge in [-0.2, -0.15) is 0 Å². The van der Waals surface area contributed by atoms with Crippen LogP contribution in [0.2, 0.25) is 0 Å². The number of H-pyrrole nitrogens is 1. The van der Waals surface area contributed by atoms with Crippen molar-refractivity contribution in [3.63, 3.8) is 0 Å². The molecule has 0 aliphatic rings. The Kier molecular flexibility index (Phi) is 5.50. The quantitative estimate of drug-likeness (QED) is 0.550. The molecule has 0 aromatic carbocycles. The number of aliphatic carboxylic acids is 1. The lowest BCUT2D eigenvalue weighted by molar-refractivity contribution is -0.142. The Morgan fingerprint density at radius 2 is 2.26 bits per heavy atom. The first-order chi connectivity index (χ1) is 8.95. The summed E-state index contributed by atoms with van der Waals surface area (Å²) in [6.07, 6.45) is 3.93. The number of imidazole rings is 1. The molecule has 19 heavy (non-hydrogen) atoms. The molecule has 1 rings (SSSR count). The molecule has 1 amide bonds. The number of carboxylic acid groups (broad SMARTS) is 1. The highest BCUT2D eigenvalue weighted by Crippen LogP contribution is 2.06. The average molecular weight is 268 g/mol. The van der Waals surface area contributed by atoms with E-state index in [1.807, 2.05) is 13.8 Å². The van der Waals surface area contributed by atoms with Gasteiger partial charge in [0.15, 0.2) is 0 Å². The molecule has 0 aliphatic carbocycles. The molecule has 106 valence electrons. The monoisotopic (exact) mass is 268 g/mol. The average Bonchev–Trinajstić information content (AvgIpc) is 2.88. The smallest absolute Gasteiger partial charge is 0.326 e. The van der Waals surface area contributed by atoms with Crippen molar-refractivity contribution in [1.29, 1.82) is 0 Å². The Hall–Kier alpha value is -1.89. The van der Waals surface area contributed by atoms with Crippen molar-refractivity contribution in [3.8, 4) is 0 Å². The molecule has 0 spiro atoms. The second-order valence-corrected chi connectivity index (χ2v) is 4.58. The van der Waals surface area contributed by atoms with E-state index in [0.717, 1.165) is 6.42 Å². The van der Waals surface area contributed by atoms with E-state index >= 15 is 0 Å². The van der Waals surface area contributed by atoms with E-state index in [0.29, 0.717) is 5.69 Å². The van der Waals surface area contributed by atoms with Crippen LogP contribution in [0.15, 0.2) is 12.5 Å². The van der Waals surface area contributed by atoms with Gasteiger partial charge in [0.05, 0.1) is 18.1 Å². The Morgan fingerprint density at radius 3 is 2.74 bits per heavy atom. The zero-order valence-electron chi connectivity index (χ0n) is 11.1. The van der Waals surface area contributed by atoms with Gasteiger partial charge >= 0.3 is 5.97 Å². The normalized spacial score (nSPS) is 15.5. The van der Waals surface area contributed by atoms with Crippen LogP contribution in [-0.4, -0.2) is 39.0 Å². The maximum atomic E-state index is 11.9. The van der Waals surface area contributed by atoms with Crippen molar-refractivity contribution in [3.05, 3.63) is 18.2 Å². The van der Waals surface area contributed by atoms with E-state index in [4.69, 9.17) is 10.8 Å². The number of nitrogens with one attached hydrogen (secondary N) is 2. The summed E-state index contributed by atoms with van der Waals surface area (Å²) < 4.78 is 0. The summed E-state index contributed by atoms with van der Waals surface area (Å²) in [5, 5.41) is 11.6. The van der Waals surface area contributed by atoms with Gasteiger partial charge in [0.2, 0.25) is 5.91 Å². The highest BCUT2D eigenvalue weighted by molar-refractivity contribution is 5.87. The summed E-state index contributed by atoms with van der Waals surface area (Å²) in [6, 6.07) is -1.73. The summed E-state index contributed by atoms with van der Waals surface area (Å²) in [5.41, 5.74) is 6.34. The molecule has 0 saturated carbocycles. The van der Waals surface area contributed by atoms with Gasteiger partial charge in [0.1, 0.15) is 6.04 Å². The number of aromatic amines is 1. The van der Waals surface area contributed by atoms with Crippen LogP contribution in [0.25, 0.3) is 0 Å². The van der Waals surface area contributed by atoms with E-state index < -0.39 is 24.0 Å². The van der Waals surface area contributed by atoms with Gasteiger partial charge in [-0.15, -0.1) is 0 Å². The van der Waals surface area contributed by atoms with Gasteiger partial charge in [0, 0.05) is 12.6 Å². The number of carbonyl (C=O) groups is 2. The Labute approximate surface area is 111 Å². The molecule has 0 fully saturated rings. The third-order valence-electron chi connectivity index (χ3n) is 3.14. The van der Waals surface area contributed by atoms with E-state index in [2.05, 4.69) is 15.3 Å². The number of aromatic nitrogens is 2. The molecule has 0 unspecified atom stereocenters. The van der Waals surface area contributed by atoms with E-state index in [1.54, 1.807) is 6.20 Å². The van der Waals surface area contributed by atoms with E-state index in [9.17, 15) is 9.59 Å². The van der Waals surface area contributed by atoms with Crippen molar-refractivity contribution >= 4 is 11.9 Å². The fourth-order valence-corrected chi connectivity index (χ4v) is 1.59. The summed E-state index contributed by atoms with van der Waals surface area (Å²) in [5.74, 6) is -1.55. The first kappa shape index (κ1) is 15.2. The Balaban J connectivity index is 2.63. The Morgan fingerprint density at radius 1 is 1.58 bits per heavy atom. The van der Waals surface area contributed by atoms with Gasteiger partial charge in [-0.1, -0.05) is 20.3 Å². The fourth-order valence-electron chi connectivity index (χ4n) is 1.59. The van der Waals surface area contributed by atoms with Gasteiger partial charge in [-0.05, 0) is 5.92 Å². The van der Waals surface area contributed by atoms with Crippen molar-refractivity contribution in [1.82, 2.24) is 15.3 Å². The number of hydrogen-bond acceptors (Lipinski definition) is 4. The van der Waals surface area contributed by atoms with Gasteiger partial charge in [0.25, 0.3) is 0 Å². The zero-order chi connectivity index (χ0) is 14.4. The summed E-state index contributed by atoms with van der Waals surface area (Å²) in [7, 11) is 0. The molecule has 0 bridgehead atoms. The minimum atomic E-state index is -1.10. The minimum Gasteiger partial charge on any atom is -0.480 e. The van der Waals surface area contributed by atoms with E-state index in [-0.39, 0.29) is 12.3 Å². The number of hydrogen-bond donors (Lipinski definition) is 4. The SMILES string of the molecule is CC[C@H](C)[C@H](N)C(=O)N[C@@H](Cc1c[nH]cn1)C(=O)O. The van der Waals surface area contributed by atoms with Crippen LogP contribution in [0.3, 0.4) is 0 Å². The molecule has 7 heteroatoms. The topological polar surface area (TPSA) is 121 Å². The number of carboxylic acids is 1. The van der Waals surface area contributed by atoms with Crippen LogP contribution < -0.4 is 11.1 Å². The number of nitrogens with zero attached hydrogens (tertiary/aromatic N) is 1. The number of amides is 1. The highest BCUT2D eigenvalue weighted by atomic mass is 16.4. The molecule has 0 saturated heterocycles. The van der Waals surface area contributed by atoms with Crippen LogP contribution in [0, 0.1) is 5.92 Å². The molecule has 1 aromatic rings. The summed E-state index contributed by atoms with van der Waals surface area (Å²) >= 11 is 0. The maximum Gasteiger partial charge on any atom is 0.326 e. The predicted molar refractivity (Wildman–Crippen MR) is 69.3 cm³/mol. The molecular weight excluding hydrogens is 248 g/mol. The fraction of sp³-hybridized carbons (Fsp3) is 0.583. The van der Waals surface area contributed by atoms with Crippen LogP contribution in [-0.2, 0) is 16.0 Å². The summed E-state index contributed by atoms with van der Waals surface area (Å²) in [6.45, 7) is 3.78. The number of carbonyl (C=O) groups excluding carboxylic acids is 1. The molecular formula is C12H20N4O3. The molecule has 1 aromatic heterocycles. The molecule has 0 radical (unpaired) electrons. The highest BCUT2D eigenvalue weighted by Gasteiger charge is 2.26. The third-order valence-corrected chi connectivity index (χ3v) is 3.14. The lowest BCUT2D eigenvalue weighted by Gasteiger charge is -2.20. The molecule has 0 aliphatic heterocycles. The standard InChI is InChI=1S/C12H20N4O3/c1-3-7(2)10(13)11(17)16-9(12(18)19)4-8-5-14-6-15-8/h5-7,9-10H,3-4,13H2,1-2H3,(H,14,15)(H,16,17)(H,18,19)/t7-,9-,10-/m0/s1. The van der Waals surface area contributed by atoms with E-state index in [1.165, 1.54) is 6.33 Å². The Bertz CT molecular complexity index is 419. The summed E-state index contributed by atoms with van der Waals surface area (Å²) in [4.78, 5) is 29.7. The lowest BCUT2D eigenvalue weighted by atomic mass is 9.99. The van der Waals surface area contributed by atoms with Crippen molar-refractivity contribution in [2.45, 2.75) is 38.8 Å². The lowest BCUT2D eigenvalue weighted by Crippen LogP contribution is -2.51. The minimum absolute atomic E-state index is 0.000159. The second kappa shape index (κ2) is 6.89.